The third-order valence-electron chi connectivity index (χ3n) is 5.12. The van der Waals surface area contributed by atoms with Crippen molar-refractivity contribution in [2.45, 2.75) is 38.0 Å². The van der Waals surface area contributed by atoms with E-state index in [0.29, 0.717) is 6.07 Å². The van der Waals surface area contributed by atoms with E-state index in [1.165, 1.54) is 30.2 Å². The van der Waals surface area contributed by atoms with Crippen molar-refractivity contribution < 1.29 is 36.3 Å². The average molecular weight is 512 g/mol. The zero-order chi connectivity index (χ0) is 26.0. The first-order valence-corrected chi connectivity index (χ1v) is 12.3. The molecule has 1 atom stereocenters. The van der Waals surface area contributed by atoms with Crippen LogP contribution >= 0.6 is 0 Å². The number of likely N-dealkylation sites (tertiary alicyclic amines) is 1. The molecule has 1 aliphatic heterocycles. The Hall–Kier alpha value is -3.41. The number of benzene rings is 2. The molecular weight excluding hydrogens is 484 g/mol. The number of amides is 2. The minimum atomic E-state index is -3.93. The minimum Gasteiger partial charge on any atom is -0.496 e. The number of rotatable bonds is 6. The lowest BCUT2D eigenvalue weighted by Gasteiger charge is -2.24. The molecule has 12 heteroatoms. The highest BCUT2D eigenvalue weighted by atomic mass is 32.2. The number of ether oxygens (including phenoxy) is 2. The van der Waals surface area contributed by atoms with Crippen molar-refractivity contribution in [2.75, 3.05) is 30.2 Å². The van der Waals surface area contributed by atoms with Crippen molar-refractivity contribution in [1.82, 2.24) is 4.90 Å². The van der Waals surface area contributed by atoms with Crippen LogP contribution in [0.15, 0.2) is 36.4 Å². The van der Waals surface area contributed by atoms with Crippen LogP contribution in [0.2, 0.25) is 0 Å². The molecule has 0 radical (unpaired) electrons. The topological polar surface area (TPSA) is 114 Å². The normalized spacial score (nSPS) is 16.1. The van der Waals surface area contributed by atoms with Gasteiger partial charge in [0.25, 0.3) is 5.91 Å². The van der Waals surface area contributed by atoms with Gasteiger partial charge in [0, 0.05) is 24.8 Å². The van der Waals surface area contributed by atoms with Crippen LogP contribution in [0.3, 0.4) is 0 Å². The maximum atomic E-state index is 13.9. The Labute approximate surface area is 202 Å². The fourth-order valence-corrected chi connectivity index (χ4v) is 4.86. The van der Waals surface area contributed by atoms with Crippen molar-refractivity contribution >= 4 is 33.4 Å². The van der Waals surface area contributed by atoms with Crippen molar-refractivity contribution in [3.63, 3.8) is 0 Å². The predicted octanol–water partition coefficient (Wildman–Crippen LogP) is 3.98. The number of nitrogens with one attached hydrogen (secondary N) is 2. The Kier molecular flexibility index (Phi) is 7.53. The van der Waals surface area contributed by atoms with Gasteiger partial charge in [-0.3, -0.25) is 9.52 Å². The quantitative estimate of drug-likeness (QED) is 0.607. The van der Waals surface area contributed by atoms with Gasteiger partial charge in [-0.2, -0.15) is 0 Å². The Bertz CT molecular complexity index is 1230. The second-order valence-corrected chi connectivity index (χ2v) is 10.9. The van der Waals surface area contributed by atoms with E-state index >= 15 is 0 Å². The summed E-state index contributed by atoms with van der Waals surface area (Å²) in [6, 6.07) is 6.72. The van der Waals surface area contributed by atoms with Crippen molar-refractivity contribution in [1.29, 1.82) is 0 Å². The van der Waals surface area contributed by atoms with Crippen molar-refractivity contribution in [3.8, 4) is 5.75 Å². The molecular formula is C23H27F2N3O6S. The van der Waals surface area contributed by atoms with E-state index in [4.69, 9.17) is 9.47 Å². The zero-order valence-corrected chi connectivity index (χ0v) is 20.5. The van der Waals surface area contributed by atoms with Crippen LogP contribution in [0.5, 0.6) is 5.75 Å². The third-order valence-corrected chi connectivity index (χ3v) is 6.90. The maximum absolute atomic E-state index is 13.9. The number of carbonyl (C=O) groups is 2. The van der Waals surface area contributed by atoms with E-state index in [0.717, 1.165) is 12.1 Å². The highest BCUT2D eigenvalue weighted by molar-refractivity contribution is 7.93. The Morgan fingerprint density at radius 2 is 1.83 bits per heavy atom. The molecule has 0 bridgehead atoms. The molecule has 0 saturated carbocycles. The van der Waals surface area contributed by atoms with Gasteiger partial charge in [0.1, 0.15) is 23.0 Å². The van der Waals surface area contributed by atoms with Gasteiger partial charge in [-0.25, -0.2) is 22.0 Å². The fourth-order valence-electron chi connectivity index (χ4n) is 3.45. The van der Waals surface area contributed by atoms with Crippen LogP contribution in [0.4, 0.5) is 25.0 Å². The molecule has 0 aromatic heterocycles. The van der Waals surface area contributed by atoms with Crippen molar-refractivity contribution in [2.24, 2.45) is 0 Å². The second kappa shape index (κ2) is 10.1. The van der Waals surface area contributed by atoms with Crippen LogP contribution in [-0.2, 0) is 14.8 Å². The van der Waals surface area contributed by atoms with Gasteiger partial charge in [-0.1, -0.05) is 0 Å². The molecule has 1 aliphatic rings. The number of nitrogens with zero attached hydrogens (tertiary/aromatic N) is 1. The van der Waals surface area contributed by atoms with Gasteiger partial charge in [0.05, 0.1) is 23.6 Å². The summed E-state index contributed by atoms with van der Waals surface area (Å²) in [6.45, 7) is 5.34. The third kappa shape index (κ3) is 6.59. The molecule has 3 rings (SSSR count). The summed E-state index contributed by atoms with van der Waals surface area (Å²) in [6.07, 6.45) is -0.381. The second-order valence-electron chi connectivity index (χ2n) is 8.98. The highest BCUT2D eigenvalue weighted by Gasteiger charge is 2.37. The molecule has 0 spiro atoms. The van der Waals surface area contributed by atoms with Gasteiger partial charge in [-0.15, -0.1) is 0 Å². The summed E-state index contributed by atoms with van der Waals surface area (Å²) in [7, 11) is -2.61. The van der Waals surface area contributed by atoms with Gasteiger partial charge in [0.15, 0.2) is 0 Å². The van der Waals surface area contributed by atoms with E-state index in [-0.39, 0.29) is 42.2 Å². The van der Waals surface area contributed by atoms with Gasteiger partial charge >= 0.3 is 6.09 Å². The van der Waals surface area contributed by atoms with Crippen LogP contribution in [0, 0.1) is 11.6 Å². The number of hydrogen-bond donors (Lipinski definition) is 2. The zero-order valence-electron chi connectivity index (χ0n) is 19.7. The number of anilines is 2. The molecule has 1 fully saturated rings. The monoisotopic (exact) mass is 511 g/mol. The summed E-state index contributed by atoms with van der Waals surface area (Å²) < 4.78 is 65.9. The Morgan fingerprint density at radius 3 is 2.46 bits per heavy atom. The first-order chi connectivity index (χ1) is 16.3. The predicted molar refractivity (Wildman–Crippen MR) is 126 cm³/mol. The molecule has 2 amide bonds. The average Bonchev–Trinajstić information content (AvgIpc) is 3.26. The molecule has 2 aromatic carbocycles. The standard InChI is InChI=1S/C23H27F2N3O6S/c1-23(2,3)34-22(30)28-10-9-16(13-28)35(31,32)27-15-6-8-20(33-4)17(12-15)21(29)26-19-7-5-14(24)11-18(19)25/h5-8,11-12,16,27H,9-10,13H2,1-4H3,(H,26,29)/t16-/m0/s1. The summed E-state index contributed by atoms with van der Waals surface area (Å²) in [5.41, 5.74) is -0.953. The molecule has 190 valence electrons. The van der Waals surface area contributed by atoms with E-state index in [1.807, 2.05) is 0 Å². The summed E-state index contributed by atoms with van der Waals surface area (Å²) in [5, 5.41) is 1.43. The van der Waals surface area contributed by atoms with E-state index in [1.54, 1.807) is 20.8 Å². The molecule has 1 saturated heterocycles. The smallest absolute Gasteiger partial charge is 0.410 e. The first kappa shape index (κ1) is 26.2. The molecule has 2 N–H and O–H groups in total. The molecule has 2 aromatic rings. The summed E-state index contributed by atoms with van der Waals surface area (Å²) in [5.74, 6) is -2.44. The van der Waals surface area contributed by atoms with Crippen LogP contribution in [-0.4, -0.2) is 56.4 Å². The van der Waals surface area contributed by atoms with E-state index < -0.39 is 44.5 Å². The van der Waals surface area contributed by atoms with Crippen LogP contribution < -0.4 is 14.8 Å². The minimum absolute atomic E-state index is 0.0441. The number of halogens is 2. The molecule has 9 nitrogen and oxygen atoms in total. The maximum Gasteiger partial charge on any atom is 0.410 e. The Balaban J connectivity index is 1.75. The van der Waals surface area contributed by atoms with E-state index in [2.05, 4.69) is 10.0 Å². The van der Waals surface area contributed by atoms with Gasteiger partial charge < -0.3 is 19.7 Å². The molecule has 1 heterocycles. The summed E-state index contributed by atoms with van der Waals surface area (Å²) >= 11 is 0. The van der Waals surface area contributed by atoms with E-state index in [9.17, 15) is 26.8 Å². The summed E-state index contributed by atoms with van der Waals surface area (Å²) in [4.78, 5) is 26.3. The fraction of sp³-hybridized carbons (Fsp3) is 0.391. The van der Waals surface area contributed by atoms with Crippen LogP contribution in [0.1, 0.15) is 37.6 Å². The lowest BCUT2D eigenvalue weighted by molar-refractivity contribution is 0.0295. The van der Waals surface area contributed by atoms with Gasteiger partial charge in [-0.05, 0) is 57.5 Å². The molecule has 0 unspecified atom stereocenters. The largest absolute Gasteiger partial charge is 0.496 e. The number of carbonyl (C=O) groups excluding carboxylic acids is 2. The molecule has 35 heavy (non-hydrogen) atoms. The molecule has 0 aliphatic carbocycles. The number of hydrogen-bond acceptors (Lipinski definition) is 6. The van der Waals surface area contributed by atoms with Crippen molar-refractivity contribution in [3.05, 3.63) is 53.6 Å². The highest BCUT2D eigenvalue weighted by Crippen LogP contribution is 2.27. The SMILES string of the molecule is COc1ccc(NS(=O)(=O)[C@H]2CCN(C(=O)OC(C)(C)C)C2)cc1C(=O)Nc1ccc(F)cc1F. The first-order valence-electron chi connectivity index (χ1n) is 10.7. The number of sulfonamides is 1. The number of methoxy groups -OCH3 is 1. The lowest BCUT2D eigenvalue weighted by atomic mass is 10.1. The van der Waals surface area contributed by atoms with Gasteiger partial charge in [0.2, 0.25) is 10.0 Å². The Morgan fingerprint density at radius 1 is 1.11 bits per heavy atom. The van der Waals surface area contributed by atoms with Crippen LogP contribution in [0.25, 0.3) is 0 Å². The lowest BCUT2D eigenvalue weighted by Crippen LogP contribution is -2.37.